The molecule has 0 fully saturated rings. The average molecular weight is 335 g/mol. The third-order valence-corrected chi connectivity index (χ3v) is 3.51. The van der Waals surface area contributed by atoms with Gasteiger partial charge in [0.05, 0.1) is 6.61 Å². The summed E-state index contributed by atoms with van der Waals surface area (Å²) < 4.78 is 10.8. The van der Waals surface area contributed by atoms with E-state index in [0.717, 1.165) is 57.4 Å². The first-order valence-electron chi connectivity index (χ1n) is 9.00. The second-order valence-corrected chi connectivity index (χ2v) is 5.57. The Hall–Kier alpha value is -1.75. The maximum absolute atomic E-state index is 5.49. The molecule has 1 N–H and O–H groups in total. The van der Waals surface area contributed by atoms with Gasteiger partial charge in [0.2, 0.25) is 0 Å². The Morgan fingerprint density at radius 2 is 1.83 bits per heavy atom. The number of nitrogens with zero attached hydrogens (tertiary/aromatic N) is 2. The zero-order chi connectivity index (χ0) is 17.6. The Bertz CT molecular complexity index is 460. The van der Waals surface area contributed by atoms with Crippen LogP contribution in [0.5, 0.6) is 5.75 Å². The van der Waals surface area contributed by atoms with Crippen molar-refractivity contribution >= 4 is 5.96 Å². The minimum absolute atomic E-state index is 0.694. The van der Waals surface area contributed by atoms with Gasteiger partial charge >= 0.3 is 0 Å². The summed E-state index contributed by atoms with van der Waals surface area (Å²) in [5, 5.41) is 3.36. The van der Waals surface area contributed by atoms with E-state index in [-0.39, 0.29) is 0 Å². The number of hydrogen-bond donors (Lipinski definition) is 1. The first-order valence-corrected chi connectivity index (χ1v) is 9.00. The Morgan fingerprint density at radius 3 is 2.46 bits per heavy atom. The van der Waals surface area contributed by atoms with Gasteiger partial charge in [-0.1, -0.05) is 12.1 Å². The van der Waals surface area contributed by atoms with Crippen molar-refractivity contribution in [2.75, 3.05) is 40.0 Å². The van der Waals surface area contributed by atoms with E-state index in [1.807, 2.05) is 26.0 Å². The molecule has 0 bridgehead atoms. The highest BCUT2D eigenvalue weighted by Gasteiger charge is 2.06. The second kappa shape index (κ2) is 12.6. The Balaban J connectivity index is 2.50. The molecule has 0 aliphatic carbocycles. The first-order chi connectivity index (χ1) is 11.7. The van der Waals surface area contributed by atoms with Crippen LogP contribution in [0.2, 0.25) is 0 Å². The number of aliphatic imine (C=N–C) groups is 1. The molecule has 0 unspecified atom stereocenters. The quantitative estimate of drug-likeness (QED) is 0.383. The van der Waals surface area contributed by atoms with Gasteiger partial charge in [-0.05, 0) is 51.3 Å². The lowest BCUT2D eigenvalue weighted by atomic mass is 10.2. The lowest BCUT2D eigenvalue weighted by molar-refractivity contribution is 0.144. The van der Waals surface area contributed by atoms with Gasteiger partial charge in [-0.15, -0.1) is 0 Å². The summed E-state index contributed by atoms with van der Waals surface area (Å²) in [6, 6.07) is 8.25. The first kappa shape index (κ1) is 20.3. The van der Waals surface area contributed by atoms with Crippen LogP contribution in [0.3, 0.4) is 0 Å². The van der Waals surface area contributed by atoms with Crippen molar-refractivity contribution in [1.29, 1.82) is 0 Å². The molecule has 0 radical (unpaired) electrons. The largest absolute Gasteiger partial charge is 0.494 e. The van der Waals surface area contributed by atoms with Crippen molar-refractivity contribution in [3.63, 3.8) is 0 Å². The molecule has 5 heteroatoms. The molecule has 136 valence electrons. The van der Waals surface area contributed by atoms with Crippen molar-refractivity contribution in [1.82, 2.24) is 10.2 Å². The fourth-order valence-corrected chi connectivity index (χ4v) is 2.32. The molecule has 1 aromatic rings. The molecule has 0 aliphatic rings. The van der Waals surface area contributed by atoms with Crippen LogP contribution < -0.4 is 10.1 Å². The van der Waals surface area contributed by atoms with Gasteiger partial charge < -0.3 is 19.7 Å². The zero-order valence-electron chi connectivity index (χ0n) is 15.7. The number of hydrogen-bond acceptors (Lipinski definition) is 3. The van der Waals surface area contributed by atoms with Gasteiger partial charge in [-0.3, -0.25) is 4.99 Å². The van der Waals surface area contributed by atoms with Gasteiger partial charge in [-0.25, -0.2) is 0 Å². The third-order valence-electron chi connectivity index (χ3n) is 3.51. The Labute approximate surface area is 147 Å². The van der Waals surface area contributed by atoms with E-state index >= 15 is 0 Å². The van der Waals surface area contributed by atoms with Crippen molar-refractivity contribution in [3.8, 4) is 5.75 Å². The number of guanidine groups is 1. The number of rotatable bonds is 11. The minimum Gasteiger partial charge on any atom is -0.494 e. The summed E-state index contributed by atoms with van der Waals surface area (Å²) >= 11 is 0. The zero-order valence-corrected chi connectivity index (χ0v) is 15.7. The molecule has 0 spiro atoms. The number of nitrogens with one attached hydrogen (secondary N) is 1. The van der Waals surface area contributed by atoms with Crippen LogP contribution in [-0.2, 0) is 11.3 Å². The van der Waals surface area contributed by atoms with Gasteiger partial charge in [-0.2, -0.15) is 0 Å². The summed E-state index contributed by atoms with van der Waals surface area (Å²) in [6.07, 6.45) is 2.10. The van der Waals surface area contributed by atoms with E-state index in [2.05, 4.69) is 36.3 Å². The van der Waals surface area contributed by atoms with Crippen LogP contribution in [0.4, 0.5) is 0 Å². The van der Waals surface area contributed by atoms with Gasteiger partial charge in [0, 0.05) is 39.9 Å². The van der Waals surface area contributed by atoms with Crippen molar-refractivity contribution < 1.29 is 9.47 Å². The van der Waals surface area contributed by atoms with Gasteiger partial charge in [0.25, 0.3) is 0 Å². The molecule has 1 aromatic carbocycles. The number of benzene rings is 1. The van der Waals surface area contributed by atoms with Crippen LogP contribution in [0.15, 0.2) is 29.3 Å². The van der Waals surface area contributed by atoms with Crippen LogP contribution in [0.1, 0.15) is 39.2 Å². The Morgan fingerprint density at radius 1 is 1.08 bits per heavy atom. The SMILES string of the molecule is CCNC(=NCCCCOCC)N(C)Cc1ccc(OCC)cc1. The Kier molecular flexibility index (Phi) is 10.7. The second-order valence-electron chi connectivity index (χ2n) is 5.57. The molecule has 0 heterocycles. The monoisotopic (exact) mass is 335 g/mol. The van der Waals surface area contributed by atoms with E-state index in [4.69, 9.17) is 14.5 Å². The van der Waals surface area contributed by atoms with E-state index in [1.165, 1.54) is 5.56 Å². The molecule has 1 rings (SSSR count). The third kappa shape index (κ3) is 8.20. The highest BCUT2D eigenvalue weighted by Crippen LogP contribution is 2.13. The molecule has 5 nitrogen and oxygen atoms in total. The molecular formula is C19H33N3O2. The van der Waals surface area contributed by atoms with E-state index in [9.17, 15) is 0 Å². The number of ether oxygens (including phenoxy) is 2. The minimum atomic E-state index is 0.694. The molecule has 0 saturated heterocycles. The molecular weight excluding hydrogens is 302 g/mol. The van der Waals surface area contributed by atoms with Crippen LogP contribution in [0, 0.1) is 0 Å². The highest BCUT2D eigenvalue weighted by molar-refractivity contribution is 5.79. The van der Waals surface area contributed by atoms with E-state index in [1.54, 1.807) is 0 Å². The topological polar surface area (TPSA) is 46.1 Å². The van der Waals surface area contributed by atoms with Crippen LogP contribution >= 0.6 is 0 Å². The summed E-state index contributed by atoms with van der Waals surface area (Å²) in [4.78, 5) is 6.86. The van der Waals surface area contributed by atoms with Crippen molar-refractivity contribution in [2.24, 2.45) is 4.99 Å². The maximum Gasteiger partial charge on any atom is 0.193 e. The predicted octanol–water partition coefficient (Wildman–Crippen LogP) is 3.30. The number of unbranched alkanes of at least 4 members (excludes halogenated alkanes) is 1. The summed E-state index contributed by atoms with van der Waals surface area (Å²) in [5.41, 5.74) is 1.24. The summed E-state index contributed by atoms with van der Waals surface area (Å²) in [5.74, 6) is 1.86. The normalized spacial score (nSPS) is 11.4. The lowest BCUT2D eigenvalue weighted by Crippen LogP contribution is -2.38. The summed E-state index contributed by atoms with van der Waals surface area (Å²) in [6.45, 7) is 10.9. The standard InChI is InChI=1S/C19H33N3O2/c1-5-20-19(21-14-8-9-15-23-6-2)22(4)16-17-10-12-18(13-11-17)24-7-3/h10-13H,5-9,14-16H2,1-4H3,(H,20,21). The highest BCUT2D eigenvalue weighted by atomic mass is 16.5. The maximum atomic E-state index is 5.49. The van der Waals surface area contributed by atoms with Gasteiger partial charge in [0.1, 0.15) is 5.75 Å². The molecule has 24 heavy (non-hydrogen) atoms. The molecule has 0 saturated carbocycles. The molecule has 0 amide bonds. The average Bonchev–Trinajstić information content (AvgIpc) is 2.59. The van der Waals surface area contributed by atoms with Gasteiger partial charge in [0.15, 0.2) is 5.96 Å². The molecule has 0 atom stereocenters. The molecule has 0 aliphatic heterocycles. The van der Waals surface area contributed by atoms with E-state index < -0.39 is 0 Å². The van der Waals surface area contributed by atoms with Crippen molar-refractivity contribution in [2.45, 2.75) is 40.2 Å². The fourth-order valence-electron chi connectivity index (χ4n) is 2.32. The molecule has 0 aromatic heterocycles. The van der Waals surface area contributed by atoms with Crippen molar-refractivity contribution in [3.05, 3.63) is 29.8 Å². The fraction of sp³-hybridized carbons (Fsp3) is 0.632. The smallest absolute Gasteiger partial charge is 0.193 e. The lowest BCUT2D eigenvalue weighted by Gasteiger charge is -2.22. The summed E-state index contributed by atoms with van der Waals surface area (Å²) in [7, 11) is 2.07. The van der Waals surface area contributed by atoms with Crippen LogP contribution in [0.25, 0.3) is 0 Å². The van der Waals surface area contributed by atoms with Crippen LogP contribution in [-0.4, -0.2) is 50.8 Å². The van der Waals surface area contributed by atoms with E-state index in [0.29, 0.717) is 6.61 Å². The predicted molar refractivity (Wildman–Crippen MR) is 101 cm³/mol.